The number of hydrogen-bond donors (Lipinski definition) is 3. The number of likely N-dealkylation sites (N-methyl/N-ethyl adjacent to an activating group) is 1. The molecule has 0 saturated carbocycles. The van der Waals surface area contributed by atoms with E-state index >= 15 is 0 Å². The van der Waals surface area contributed by atoms with Gasteiger partial charge in [0.05, 0.1) is 46.0 Å². The molecule has 0 aliphatic heterocycles. The van der Waals surface area contributed by atoms with Crippen LogP contribution >= 0.6 is 7.82 Å². The molecule has 0 aliphatic rings. The van der Waals surface area contributed by atoms with Gasteiger partial charge in [-0.05, 0) is 51.4 Å². The second-order valence-electron chi connectivity index (χ2n) is 15.9. The van der Waals surface area contributed by atoms with Crippen molar-refractivity contribution in [2.45, 2.75) is 180 Å². The van der Waals surface area contributed by atoms with Crippen molar-refractivity contribution in [3.05, 3.63) is 60.8 Å². The van der Waals surface area contributed by atoms with Gasteiger partial charge in [0.1, 0.15) is 13.2 Å². The lowest BCUT2D eigenvalue weighted by Gasteiger charge is -2.29. The Balaban J connectivity index is 4.68. The number of allylic oxidation sites excluding steroid dienone is 8. The third-order valence-electron chi connectivity index (χ3n) is 9.33. The zero-order valence-corrected chi connectivity index (χ0v) is 36.6. The van der Waals surface area contributed by atoms with Crippen molar-refractivity contribution >= 4 is 13.7 Å². The average Bonchev–Trinajstić information content (AvgIpc) is 3.12. The molecule has 0 fully saturated rings. The molecular formula is C45H83N2O7P. The number of quaternary nitrogens is 1. The summed E-state index contributed by atoms with van der Waals surface area (Å²) >= 11 is 0. The predicted molar refractivity (Wildman–Crippen MR) is 230 cm³/mol. The number of carbonyl (C=O) groups is 1. The van der Waals surface area contributed by atoms with Crippen LogP contribution in [0.1, 0.15) is 162 Å². The molecule has 320 valence electrons. The fraction of sp³-hybridized carbons (Fsp3) is 0.756. The van der Waals surface area contributed by atoms with Crippen molar-refractivity contribution in [2.75, 3.05) is 40.9 Å². The third kappa shape index (κ3) is 38.8. The minimum atomic E-state index is -4.64. The van der Waals surface area contributed by atoms with Crippen LogP contribution in [0, 0.1) is 0 Å². The standard InChI is InChI=1S/C45H83N2O7P/c1-6-8-10-12-14-16-18-20-21-23-25-27-29-31-33-37-44(49)43(41-54-55(51,52)53-40-39-47(3,4)5)46-45(50)38-34-36-42(48)35-32-30-28-26-24-22-19-17-15-13-11-9-7-2/h15,17,22,24,28,30,32-33,35,37,42-44,48-49H,6-14,16,18-21,23,25-27,29,31,34,36,38-41H2,1-5H3,(H-,46,50,51,52)/b17-15-,24-22-,30-28-,35-32+,37-33+/t42-,43-,44+/m0/s1. The first kappa shape index (κ1) is 53.2. The molecule has 0 spiro atoms. The van der Waals surface area contributed by atoms with Crippen LogP contribution in [0.15, 0.2) is 60.8 Å². The Kier molecular flexibility index (Phi) is 35.3. The average molecular weight is 795 g/mol. The number of phosphoric ester groups is 1. The smallest absolute Gasteiger partial charge is 0.268 e. The van der Waals surface area contributed by atoms with Crippen molar-refractivity contribution in [3.8, 4) is 0 Å². The Labute approximate surface area is 337 Å². The van der Waals surface area contributed by atoms with Gasteiger partial charge in [0.25, 0.3) is 7.82 Å². The summed E-state index contributed by atoms with van der Waals surface area (Å²) in [5.41, 5.74) is 0. The molecule has 55 heavy (non-hydrogen) atoms. The van der Waals surface area contributed by atoms with Crippen LogP contribution in [-0.4, -0.2) is 79.8 Å². The maximum atomic E-state index is 12.8. The molecule has 0 bridgehead atoms. The van der Waals surface area contributed by atoms with Gasteiger partial charge in [-0.3, -0.25) is 9.36 Å². The fourth-order valence-corrected chi connectivity index (χ4v) is 6.51. The molecule has 0 rings (SSSR count). The highest BCUT2D eigenvalue weighted by Crippen LogP contribution is 2.38. The van der Waals surface area contributed by atoms with Crippen molar-refractivity contribution in [1.82, 2.24) is 5.32 Å². The summed E-state index contributed by atoms with van der Waals surface area (Å²) in [6.45, 7) is 4.44. The molecule has 9 nitrogen and oxygen atoms in total. The number of amides is 1. The maximum absolute atomic E-state index is 12.8. The van der Waals surface area contributed by atoms with Gasteiger partial charge in [0.15, 0.2) is 0 Å². The second kappa shape index (κ2) is 36.5. The Morgan fingerprint density at radius 3 is 1.84 bits per heavy atom. The molecule has 1 unspecified atom stereocenters. The predicted octanol–water partition coefficient (Wildman–Crippen LogP) is 10.2. The van der Waals surface area contributed by atoms with Gasteiger partial charge < -0.3 is 34.0 Å². The number of hydrogen-bond acceptors (Lipinski definition) is 7. The molecule has 0 aliphatic carbocycles. The first-order chi connectivity index (χ1) is 26.4. The third-order valence-corrected chi connectivity index (χ3v) is 10.3. The molecule has 0 saturated heterocycles. The number of aliphatic hydroxyl groups excluding tert-OH is 2. The normalized spacial score (nSPS) is 15.6. The van der Waals surface area contributed by atoms with E-state index in [4.69, 9.17) is 9.05 Å². The topological polar surface area (TPSA) is 128 Å². The molecular weight excluding hydrogens is 711 g/mol. The number of nitrogens with one attached hydrogen (secondary N) is 1. The molecule has 3 N–H and O–H groups in total. The molecule has 0 aromatic heterocycles. The van der Waals surface area contributed by atoms with E-state index in [9.17, 15) is 24.5 Å². The first-order valence-corrected chi connectivity index (χ1v) is 23.2. The molecule has 0 radical (unpaired) electrons. The Hall–Kier alpha value is -1.84. The van der Waals surface area contributed by atoms with E-state index in [0.717, 1.165) is 38.5 Å². The molecule has 0 aromatic rings. The van der Waals surface area contributed by atoms with Gasteiger partial charge in [0.2, 0.25) is 5.91 Å². The molecule has 0 aromatic carbocycles. The van der Waals surface area contributed by atoms with Crippen LogP contribution in [0.2, 0.25) is 0 Å². The summed E-state index contributed by atoms with van der Waals surface area (Å²) < 4.78 is 23.1. The Morgan fingerprint density at radius 2 is 1.22 bits per heavy atom. The van der Waals surface area contributed by atoms with Gasteiger partial charge in [-0.15, -0.1) is 0 Å². The monoisotopic (exact) mass is 795 g/mol. The van der Waals surface area contributed by atoms with E-state index in [1.165, 1.54) is 89.9 Å². The summed E-state index contributed by atoms with van der Waals surface area (Å²) in [6.07, 6.45) is 42.9. The van der Waals surface area contributed by atoms with E-state index in [0.29, 0.717) is 23.9 Å². The number of carbonyl (C=O) groups excluding carboxylic acids is 1. The van der Waals surface area contributed by atoms with Gasteiger partial charge in [-0.2, -0.15) is 0 Å². The highest BCUT2D eigenvalue weighted by molar-refractivity contribution is 7.45. The minimum Gasteiger partial charge on any atom is -0.756 e. The van der Waals surface area contributed by atoms with Gasteiger partial charge >= 0.3 is 0 Å². The van der Waals surface area contributed by atoms with Crippen LogP contribution in [-0.2, 0) is 18.4 Å². The van der Waals surface area contributed by atoms with E-state index in [1.807, 2.05) is 45.4 Å². The van der Waals surface area contributed by atoms with Crippen molar-refractivity contribution in [3.63, 3.8) is 0 Å². The maximum Gasteiger partial charge on any atom is 0.268 e. The quantitative estimate of drug-likeness (QED) is 0.0187. The second-order valence-corrected chi connectivity index (χ2v) is 17.3. The fourth-order valence-electron chi connectivity index (χ4n) is 5.78. The molecule has 10 heteroatoms. The first-order valence-electron chi connectivity index (χ1n) is 21.8. The highest BCUT2D eigenvalue weighted by atomic mass is 31.2. The summed E-state index contributed by atoms with van der Waals surface area (Å²) in [5, 5.41) is 24.0. The summed E-state index contributed by atoms with van der Waals surface area (Å²) in [7, 11) is 1.13. The summed E-state index contributed by atoms with van der Waals surface area (Å²) in [4.78, 5) is 25.3. The summed E-state index contributed by atoms with van der Waals surface area (Å²) in [6, 6.07) is -0.981. The van der Waals surface area contributed by atoms with Crippen LogP contribution in [0.3, 0.4) is 0 Å². The lowest BCUT2D eigenvalue weighted by molar-refractivity contribution is -0.870. The largest absolute Gasteiger partial charge is 0.756 e. The minimum absolute atomic E-state index is 0.0381. The van der Waals surface area contributed by atoms with E-state index < -0.39 is 32.7 Å². The summed E-state index contributed by atoms with van der Waals surface area (Å²) in [5.74, 6) is -0.358. The highest BCUT2D eigenvalue weighted by Gasteiger charge is 2.23. The Bertz CT molecular complexity index is 1100. The van der Waals surface area contributed by atoms with E-state index in [1.54, 1.807) is 12.2 Å². The number of rotatable bonds is 38. The van der Waals surface area contributed by atoms with Gasteiger partial charge in [-0.25, -0.2) is 0 Å². The van der Waals surface area contributed by atoms with E-state index in [-0.39, 0.29) is 18.9 Å². The zero-order chi connectivity index (χ0) is 40.9. The van der Waals surface area contributed by atoms with Crippen molar-refractivity contribution < 1.29 is 38.0 Å². The molecule has 1 amide bonds. The van der Waals surface area contributed by atoms with Crippen LogP contribution in [0.4, 0.5) is 0 Å². The number of nitrogens with zero attached hydrogens (tertiary/aromatic N) is 1. The molecule has 0 heterocycles. The van der Waals surface area contributed by atoms with E-state index in [2.05, 4.69) is 43.5 Å². The van der Waals surface area contributed by atoms with Crippen LogP contribution in [0.5, 0.6) is 0 Å². The molecule has 4 atom stereocenters. The lowest BCUT2D eigenvalue weighted by Crippen LogP contribution is -2.45. The zero-order valence-electron chi connectivity index (χ0n) is 35.7. The van der Waals surface area contributed by atoms with Gasteiger partial charge in [0, 0.05) is 6.42 Å². The Morgan fingerprint density at radius 1 is 0.691 bits per heavy atom. The number of aliphatic hydroxyl groups is 2. The van der Waals surface area contributed by atoms with Crippen LogP contribution < -0.4 is 10.2 Å². The van der Waals surface area contributed by atoms with Gasteiger partial charge in [-0.1, -0.05) is 164 Å². The van der Waals surface area contributed by atoms with Crippen molar-refractivity contribution in [2.24, 2.45) is 0 Å². The number of phosphoric acid groups is 1. The van der Waals surface area contributed by atoms with Crippen molar-refractivity contribution in [1.29, 1.82) is 0 Å². The SMILES string of the molecule is CCCCC/C=C\C/C=C\C/C=C\C=C\[C@H](O)CCCC(=O)N[C@@H](COP(=O)([O-])OCC[N+](C)(C)C)[C@H](O)/C=C/CCCCCCCCCCCCCCC. The van der Waals surface area contributed by atoms with Crippen LogP contribution in [0.25, 0.3) is 0 Å². The number of unbranched alkanes of at least 4 members (excludes halogenated alkanes) is 16. The lowest BCUT2D eigenvalue weighted by atomic mass is 10.0.